The summed E-state index contributed by atoms with van der Waals surface area (Å²) >= 11 is 0. The molecule has 1 aromatic rings. The number of aromatic amines is 1. The topological polar surface area (TPSA) is 112 Å². The Morgan fingerprint density at radius 3 is 2.50 bits per heavy atom. The fourth-order valence-electron chi connectivity index (χ4n) is 4.18. The van der Waals surface area contributed by atoms with Crippen LogP contribution in [0.4, 0.5) is 0 Å². The van der Waals surface area contributed by atoms with Crippen molar-refractivity contribution in [1.82, 2.24) is 14.8 Å². The second-order valence-corrected chi connectivity index (χ2v) is 8.03. The smallest absolute Gasteiger partial charge is 0.340 e. The van der Waals surface area contributed by atoms with Gasteiger partial charge in [0.25, 0.3) is 0 Å². The Morgan fingerprint density at radius 2 is 1.90 bits per heavy atom. The first-order valence-electron chi connectivity index (χ1n) is 10.5. The third kappa shape index (κ3) is 5.08. The number of nitrogens with zero attached hydrogens (tertiary/aromatic N) is 2. The number of amides is 1. The molecule has 30 heavy (non-hydrogen) atoms. The van der Waals surface area contributed by atoms with E-state index >= 15 is 0 Å². The van der Waals surface area contributed by atoms with Crippen LogP contribution < -0.4 is 0 Å². The Hall–Kier alpha value is -2.23. The lowest BCUT2D eigenvalue weighted by Gasteiger charge is -2.41. The normalized spacial score (nSPS) is 19.5. The fourth-order valence-corrected chi connectivity index (χ4v) is 4.18. The molecule has 0 unspecified atom stereocenters. The first-order valence-corrected chi connectivity index (χ1v) is 10.5. The minimum Gasteiger partial charge on any atom is -0.462 e. The zero-order chi connectivity index (χ0) is 21.7. The van der Waals surface area contributed by atoms with Crippen LogP contribution in [0, 0.1) is 6.92 Å². The number of H-pyrrole nitrogens is 1. The Kier molecular flexibility index (Phi) is 7.27. The fraction of sp³-hybridized carbons (Fsp3) is 0.667. The van der Waals surface area contributed by atoms with Crippen LogP contribution in [0.5, 0.6) is 0 Å². The second-order valence-electron chi connectivity index (χ2n) is 8.03. The zero-order valence-electron chi connectivity index (χ0n) is 17.7. The van der Waals surface area contributed by atoms with E-state index in [-0.39, 0.29) is 30.2 Å². The van der Waals surface area contributed by atoms with Gasteiger partial charge in [-0.1, -0.05) is 0 Å². The van der Waals surface area contributed by atoms with Gasteiger partial charge >= 0.3 is 5.97 Å². The van der Waals surface area contributed by atoms with Crippen LogP contribution in [0.3, 0.4) is 0 Å². The molecule has 166 valence electrons. The quantitative estimate of drug-likeness (QED) is 0.488. The van der Waals surface area contributed by atoms with Gasteiger partial charge in [-0.15, -0.1) is 0 Å². The maximum Gasteiger partial charge on any atom is 0.340 e. The van der Waals surface area contributed by atoms with Crippen LogP contribution in [-0.2, 0) is 20.7 Å². The first kappa shape index (κ1) is 22.5. The molecule has 2 N–H and O–H groups in total. The van der Waals surface area contributed by atoms with Gasteiger partial charge in [-0.3, -0.25) is 14.5 Å². The van der Waals surface area contributed by atoms with Gasteiger partial charge in [0.2, 0.25) is 5.91 Å². The number of hydrogen-bond donors (Lipinski definition) is 2. The predicted octanol–water partition coefficient (Wildman–Crippen LogP) is 0.541. The molecule has 0 bridgehead atoms. The lowest BCUT2D eigenvalue weighted by molar-refractivity contribution is -0.135. The number of esters is 1. The zero-order valence-corrected chi connectivity index (χ0v) is 17.7. The van der Waals surface area contributed by atoms with Gasteiger partial charge in [0.15, 0.2) is 6.29 Å². The summed E-state index contributed by atoms with van der Waals surface area (Å²) in [6, 6.07) is 0. The van der Waals surface area contributed by atoms with Gasteiger partial charge in [0, 0.05) is 38.4 Å². The summed E-state index contributed by atoms with van der Waals surface area (Å²) in [5.41, 5.74) is 0.613. The molecule has 3 rings (SSSR count). The summed E-state index contributed by atoms with van der Waals surface area (Å²) < 4.78 is 10.4. The summed E-state index contributed by atoms with van der Waals surface area (Å²) in [6.45, 7) is 8.06. The molecular formula is C21H31N3O6. The number of β-amino-alcohol motifs (C(OH)–C–C–N with tert-alkyl or cyclic N) is 1. The number of hydrogen-bond acceptors (Lipinski definition) is 7. The highest BCUT2D eigenvalue weighted by Crippen LogP contribution is 2.25. The molecular weight excluding hydrogens is 390 g/mol. The van der Waals surface area contributed by atoms with Gasteiger partial charge < -0.3 is 24.5 Å². The first-order chi connectivity index (χ1) is 14.4. The Morgan fingerprint density at radius 1 is 1.23 bits per heavy atom. The Balaban J connectivity index is 1.62. The van der Waals surface area contributed by atoms with Crippen molar-refractivity contribution in [3.05, 3.63) is 22.5 Å². The van der Waals surface area contributed by atoms with Crippen molar-refractivity contribution in [1.29, 1.82) is 0 Å². The summed E-state index contributed by atoms with van der Waals surface area (Å²) in [6.07, 6.45) is 1.62. The molecule has 1 aromatic heterocycles. The van der Waals surface area contributed by atoms with Crippen molar-refractivity contribution in [2.24, 2.45) is 0 Å². The molecule has 0 aromatic carbocycles. The maximum atomic E-state index is 12.9. The molecule has 2 saturated heterocycles. The predicted molar refractivity (Wildman–Crippen MR) is 109 cm³/mol. The van der Waals surface area contributed by atoms with E-state index in [2.05, 4.69) is 9.88 Å². The van der Waals surface area contributed by atoms with Crippen LogP contribution in [0.15, 0.2) is 0 Å². The average Bonchev–Trinajstić information content (AvgIpc) is 3.04. The monoisotopic (exact) mass is 421 g/mol. The Bertz CT molecular complexity index is 776. The summed E-state index contributed by atoms with van der Waals surface area (Å²) in [5.74, 6) is -0.687. The molecule has 0 spiro atoms. The van der Waals surface area contributed by atoms with Gasteiger partial charge in [-0.2, -0.15) is 0 Å². The molecule has 0 saturated carbocycles. The average molecular weight is 421 g/mol. The number of aromatic nitrogens is 1. The van der Waals surface area contributed by atoms with E-state index in [0.717, 1.165) is 13.1 Å². The highest BCUT2D eigenvalue weighted by molar-refractivity contribution is 5.97. The standard InChI is InChI=1S/C21H31N3O6/c1-3-30-20(27)19-15(2)17(13-25)22-16(19)12-18(26)24-6-4-21(28,5-7-24)14-23-8-10-29-11-9-23/h13,22,28H,3-12,14H2,1-2H3. The van der Waals surface area contributed by atoms with Crippen LogP contribution in [0.1, 0.15) is 51.9 Å². The third-order valence-electron chi connectivity index (χ3n) is 5.96. The number of carbonyl (C=O) groups is 3. The van der Waals surface area contributed by atoms with Crippen molar-refractivity contribution in [2.75, 3.05) is 52.5 Å². The molecule has 0 radical (unpaired) electrons. The number of aliphatic hydroxyl groups is 1. The van der Waals surface area contributed by atoms with Gasteiger partial charge in [0.1, 0.15) is 0 Å². The number of rotatable bonds is 7. The van der Waals surface area contributed by atoms with Crippen molar-refractivity contribution in [3.63, 3.8) is 0 Å². The lowest BCUT2D eigenvalue weighted by atomic mass is 9.90. The van der Waals surface area contributed by atoms with E-state index in [1.165, 1.54) is 0 Å². The van der Waals surface area contributed by atoms with Crippen molar-refractivity contribution >= 4 is 18.2 Å². The van der Waals surface area contributed by atoms with Gasteiger partial charge in [-0.05, 0) is 32.3 Å². The second kappa shape index (κ2) is 9.72. The molecule has 0 atom stereocenters. The van der Waals surface area contributed by atoms with E-state index in [4.69, 9.17) is 9.47 Å². The van der Waals surface area contributed by atoms with Crippen LogP contribution in [0.25, 0.3) is 0 Å². The molecule has 2 fully saturated rings. The van der Waals surface area contributed by atoms with Gasteiger partial charge in [-0.25, -0.2) is 4.79 Å². The number of morpholine rings is 1. The van der Waals surface area contributed by atoms with Crippen molar-refractivity contribution < 1.29 is 29.0 Å². The molecule has 2 aliphatic rings. The molecule has 1 amide bonds. The maximum absolute atomic E-state index is 12.9. The molecule has 9 nitrogen and oxygen atoms in total. The van der Waals surface area contributed by atoms with E-state index in [0.29, 0.717) is 63.2 Å². The molecule has 9 heteroatoms. The SMILES string of the molecule is CCOC(=O)c1c(CC(=O)N2CCC(O)(CN3CCOCC3)CC2)[nH]c(C=O)c1C. The number of likely N-dealkylation sites (tertiary alicyclic amines) is 1. The molecule has 3 heterocycles. The highest BCUT2D eigenvalue weighted by Gasteiger charge is 2.36. The van der Waals surface area contributed by atoms with Crippen LogP contribution in [0.2, 0.25) is 0 Å². The van der Waals surface area contributed by atoms with E-state index in [1.807, 2.05) is 0 Å². The minimum atomic E-state index is -0.808. The Labute approximate surface area is 176 Å². The number of aldehydes is 1. The number of carbonyl (C=O) groups excluding carboxylic acids is 3. The van der Waals surface area contributed by atoms with Crippen molar-refractivity contribution in [2.45, 2.75) is 38.7 Å². The summed E-state index contributed by atoms with van der Waals surface area (Å²) in [7, 11) is 0. The van der Waals surface area contributed by atoms with Gasteiger partial charge in [0.05, 0.1) is 43.1 Å². The van der Waals surface area contributed by atoms with Crippen LogP contribution in [-0.4, -0.2) is 96.2 Å². The number of piperidine rings is 1. The summed E-state index contributed by atoms with van der Waals surface area (Å²) in [5, 5.41) is 10.9. The van der Waals surface area contributed by atoms with E-state index in [1.54, 1.807) is 18.7 Å². The summed E-state index contributed by atoms with van der Waals surface area (Å²) in [4.78, 5) is 43.3. The van der Waals surface area contributed by atoms with E-state index in [9.17, 15) is 19.5 Å². The number of nitrogens with one attached hydrogen (secondary N) is 1. The third-order valence-corrected chi connectivity index (χ3v) is 5.96. The van der Waals surface area contributed by atoms with E-state index < -0.39 is 11.6 Å². The largest absolute Gasteiger partial charge is 0.462 e. The minimum absolute atomic E-state index is 0.0231. The highest BCUT2D eigenvalue weighted by atomic mass is 16.5. The lowest BCUT2D eigenvalue weighted by Crippen LogP contribution is -2.54. The van der Waals surface area contributed by atoms with Crippen molar-refractivity contribution in [3.8, 4) is 0 Å². The molecule has 2 aliphatic heterocycles. The molecule has 0 aliphatic carbocycles. The van der Waals surface area contributed by atoms with Crippen LogP contribution >= 0.6 is 0 Å². The number of ether oxygens (including phenoxy) is 2.